The van der Waals surface area contributed by atoms with E-state index in [2.05, 4.69) is 12.2 Å². The molecular weight excluding hydrogens is 451 g/mol. The number of aromatic nitrogens is 1. The van der Waals surface area contributed by atoms with Crippen LogP contribution in [0.15, 0.2) is 42.5 Å². The van der Waals surface area contributed by atoms with E-state index in [4.69, 9.17) is 39.8 Å². The fourth-order valence-corrected chi connectivity index (χ4v) is 3.75. The Morgan fingerprint density at radius 2 is 1.62 bits per heavy atom. The Balaban J connectivity index is 0.00000208. The van der Waals surface area contributed by atoms with Crippen molar-refractivity contribution >= 4 is 73.9 Å². The van der Waals surface area contributed by atoms with E-state index in [9.17, 15) is 0 Å². The van der Waals surface area contributed by atoms with Gasteiger partial charge in [0, 0.05) is 15.5 Å². The van der Waals surface area contributed by atoms with E-state index in [0.717, 1.165) is 22.8 Å². The molecule has 0 aliphatic rings. The summed E-state index contributed by atoms with van der Waals surface area (Å²) in [5.74, 6) is 0. The minimum absolute atomic E-state index is 0. The number of hydrogen-bond donors (Lipinski definition) is 1. The maximum atomic E-state index is 6.21. The minimum Gasteiger partial charge on any atom is -0.329 e. The molecule has 0 fully saturated rings. The van der Waals surface area contributed by atoms with Gasteiger partial charge in [-0.05, 0) is 30.7 Å². The van der Waals surface area contributed by atoms with Crippen molar-refractivity contribution in [2.75, 3.05) is 5.32 Å². The summed E-state index contributed by atoms with van der Waals surface area (Å²) in [5, 5.41) is 5.85. The summed E-state index contributed by atoms with van der Waals surface area (Å²) in [7, 11) is 0. The monoisotopic (exact) mass is 462 g/mol. The maximum absolute atomic E-state index is 6.21. The molecule has 2 nitrogen and oxygen atoms in total. The van der Waals surface area contributed by atoms with E-state index >= 15 is 0 Å². The third kappa shape index (κ3) is 4.24. The fraction of sp³-hybridized carbons (Fsp3) is 0.118. The number of para-hydroxylation sites is 1. The Kier molecular flexibility index (Phi) is 6.96. The van der Waals surface area contributed by atoms with Crippen molar-refractivity contribution in [1.29, 1.82) is 0 Å². The molecule has 2 aromatic carbocycles. The third-order valence-corrected chi connectivity index (χ3v) is 5.33. The summed E-state index contributed by atoms with van der Waals surface area (Å²) in [6.07, 6.45) is 0.896. The molecule has 7 heteroatoms. The number of anilines is 2. The van der Waals surface area contributed by atoms with Crippen LogP contribution in [0.2, 0.25) is 15.1 Å². The molecule has 1 aromatic heterocycles. The first-order valence-electron chi connectivity index (χ1n) is 7.05. The molecule has 1 heterocycles. The molecular formula is C17H14BrCl3N2S. The molecule has 0 atom stereocenters. The Bertz CT molecular complexity index is 814. The van der Waals surface area contributed by atoms with Gasteiger partial charge in [-0.2, -0.15) is 0 Å². The van der Waals surface area contributed by atoms with Crippen molar-refractivity contribution in [1.82, 2.24) is 4.98 Å². The van der Waals surface area contributed by atoms with Gasteiger partial charge in [-0.3, -0.25) is 0 Å². The van der Waals surface area contributed by atoms with Crippen LogP contribution in [-0.4, -0.2) is 4.98 Å². The molecule has 0 saturated carbocycles. The molecule has 0 aliphatic heterocycles. The van der Waals surface area contributed by atoms with Gasteiger partial charge in [0.25, 0.3) is 0 Å². The van der Waals surface area contributed by atoms with E-state index in [1.54, 1.807) is 23.5 Å². The molecule has 0 radical (unpaired) electrons. The third-order valence-electron chi connectivity index (χ3n) is 3.33. The predicted molar refractivity (Wildman–Crippen MR) is 112 cm³/mol. The highest BCUT2D eigenvalue weighted by Gasteiger charge is 2.14. The van der Waals surface area contributed by atoms with Crippen molar-refractivity contribution in [3.05, 3.63) is 62.4 Å². The quantitative estimate of drug-likeness (QED) is 0.429. The zero-order chi connectivity index (χ0) is 16.4. The summed E-state index contributed by atoms with van der Waals surface area (Å²) in [4.78, 5) is 5.90. The lowest BCUT2D eigenvalue weighted by atomic mass is 10.1. The van der Waals surface area contributed by atoms with Crippen LogP contribution >= 0.6 is 63.1 Å². The molecule has 3 aromatic rings. The zero-order valence-electron chi connectivity index (χ0n) is 12.6. The predicted octanol–water partition coefficient (Wildman–Crippen LogP) is 7.65. The maximum Gasteiger partial charge on any atom is 0.188 e. The van der Waals surface area contributed by atoms with Crippen molar-refractivity contribution in [3.8, 4) is 11.3 Å². The van der Waals surface area contributed by atoms with Crippen LogP contribution in [0.4, 0.5) is 10.8 Å². The number of benzene rings is 2. The number of nitrogens with zero attached hydrogens (tertiary/aromatic N) is 1. The lowest BCUT2D eigenvalue weighted by Crippen LogP contribution is -1.91. The van der Waals surface area contributed by atoms with Gasteiger partial charge >= 0.3 is 0 Å². The molecule has 126 valence electrons. The van der Waals surface area contributed by atoms with Gasteiger partial charge in [-0.25, -0.2) is 4.98 Å². The molecule has 0 saturated heterocycles. The SMILES string of the molecule is Br.CCc1sc(Nc2c(Cl)cccc2Cl)nc1-c1ccc(Cl)cc1. The second kappa shape index (κ2) is 8.54. The van der Waals surface area contributed by atoms with Gasteiger partial charge in [0.1, 0.15) is 0 Å². The number of halogens is 4. The van der Waals surface area contributed by atoms with E-state index < -0.39 is 0 Å². The summed E-state index contributed by atoms with van der Waals surface area (Å²) >= 11 is 20.0. The van der Waals surface area contributed by atoms with Crippen LogP contribution < -0.4 is 5.32 Å². The largest absolute Gasteiger partial charge is 0.329 e. The van der Waals surface area contributed by atoms with Crippen molar-refractivity contribution in [3.63, 3.8) is 0 Å². The minimum atomic E-state index is 0. The van der Waals surface area contributed by atoms with E-state index in [1.165, 1.54) is 4.88 Å². The molecule has 0 unspecified atom stereocenters. The lowest BCUT2D eigenvalue weighted by Gasteiger charge is -2.06. The normalized spacial score (nSPS) is 10.3. The first-order chi connectivity index (χ1) is 11.1. The molecule has 0 spiro atoms. The van der Waals surface area contributed by atoms with Crippen LogP contribution in [-0.2, 0) is 6.42 Å². The summed E-state index contributed by atoms with van der Waals surface area (Å²) in [6, 6.07) is 13.1. The Labute approximate surface area is 170 Å². The van der Waals surface area contributed by atoms with Gasteiger partial charge < -0.3 is 5.32 Å². The van der Waals surface area contributed by atoms with Gasteiger partial charge in [-0.1, -0.05) is 59.9 Å². The van der Waals surface area contributed by atoms with Crippen molar-refractivity contribution in [2.45, 2.75) is 13.3 Å². The van der Waals surface area contributed by atoms with Crippen LogP contribution in [0, 0.1) is 0 Å². The first-order valence-corrected chi connectivity index (χ1v) is 9.00. The average Bonchev–Trinajstić information content (AvgIpc) is 2.95. The first kappa shape index (κ1) is 19.5. The fourth-order valence-electron chi connectivity index (χ4n) is 2.20. The zero-order valence-corrected chi connectivity index (χ0v) is 17.4. The van der Waals surface area contributed by atoms with Crippen LogP contribution in [0.3, 0.4) is 0 Å². The highest BCUT2D eigenvalue weighted by Crippen LogP contribution is 2.37. The Morgan fingerprint density at radius 3 is 2.21 bits per heavy atom. The number of hydrogen-bond acceptors (Lipinski definition) is 3. The van der Waals surface area contributed by atoms with Crippen LogP contribution in [0.1, 0.15) is 11.8 Å². The second-order valence-electron chi connectivity index (χ2n) is 4.87. The highest BCUT2D eigenvalue weighted by atomic mass is 79.9. The van der Waals surface area contributed by atoms with Crippen molar-refractivity contribution in [2.24, 2.45) is 0 Å². The lowest BCUT2D eigenvalue weighted by molar-refractivity contribution is 1.17. The number of thiazole rings is 1. The van der Waals surface area contributed by atoms with Gasteiger partial charge in [0.15, 0.2) is 5.13 Å². The number of nitrogens with one attached hydrogen (secondary N) is 1. The Morgan fingerprint density at radius 1 is 1.00 bits per heavy atom. The molecule has 3 rings (SSSR count). The van der Waals surface area contributed by atoms with E-state index in [1.807, 2.05) is 30.3 Å². The van der Waals surface area contributed by atoms with Gasteiger partial charge in [-0.15, -0.1) is 28.3 Å². The summed E-state index contributed by atoms with van der Waals surface area (Å²) in [5.41, 5.74) is 2.68. The topological polar surface area (TPSA) is 24.9 Å². The highest BCUT2D eigenvalue weighted by molar-refractivity contribution is 8.93. The van der Waals surface area contributed by atoms with Crippen LogP contribution in [0.25, 0.3) is 11.3 Å². The number of aryl methyl sites for hydroxylation is 1. The van der Waals surface area contributed by atoms with Gasteiger partial charge in [0.2, 0.25) is 0 Å². The molecule has 24 heavy (non-hydrogen) atoms. The van der Waals surface area contributed by atoms with E-state index in [-0.39, 0.29) is 17.0 Å². The second-order valence-corrected chi connectivity index (χ2v) is 7.21. The smallest absolute Gasteiger partial charge is 0.188 e. The van der Waals surface area contributed by atoms with Gasteiger partial charge in [0.05, 0.1) is 21.4 Å². The summed E-state index contributed by atoms with van der Waals surface area (Å²) in [6.45, 7) is 2.11. The number of rotatable bonds is 4. The average molecular weight is 465 g/mol. The Hall–Kier alpha value is -0.780. The van der Waals surface area contributed by atoms with Crippen molar-refractivity contribution < 1.29 is 0 Å². The van der Waals surface area contributed by atoms with E-state index in [0.29, 0.717) is 20.8 Å². The molecule has 0 bridgehead atoms. The van der Waals surface area contributed by atoms with Crippen LogP contribution in [0.5, 0.6) is 0 Å². The standard InChI is InChI=1S/C17H13Cl3N2S.BrH/c1-2-14-15(10-6-8-11(18)9-7-10)21-17(23-14)22-16-12(19)4-3-5-13(16)20;/h3-9H,2H2,1H3,(H,21,22);1H. The molecule has 0 aliphatic carbocycles. The molecule has 1 N–H and O–H groups in total. The molecule has 0 amide bonds. The summed E-state index contributed by atoms with van der Waals surface area (Å²) < 4.78 is 0.